The van der Waals surface area contributed by atoms with Gasteiger partial charge in [0.15, 0.2) is 0 Å². The van der Waals surface area contributed by atoms with Gasteiger partial charge < -0.3 is 5.32 Å². The van der Waals surface area contributed by atoms with Crippen molar-refractivity contribution in [3.05, 3.63) is 83.8 Å². The smallest absolute Gasteiger partial charge is 0.251 e. The highest BCUT2D eigenvalue weighted by atomic mass is 16.1. The molecule has 4 nitrogen and oxygen atoms in total. The minimum Gasteiger partial charge on any atom is -0.348 e. The number of rotatable bonds is 4. The van der Waals surface area contributed by atoms with Crippen LogP contribution >= 0.6 is 0 Å². The zero-order valence-electron chi connectivity index (χ0n) is 12.9. The van der Waals surface area contributed by atoms with Crippen LogP contribution in [0.4, 0.5) is 0 Å². The Hall–Kier alpha value is -3.01. The third-order valence-corrected chi connectivity index (χ3v) is 3.62. The van der Waals surface area contributed by atoms with Crippen molar-refractivity contribution < 1.29 is 4.79 Å². The van der Waals surface area contributed by atoms with Crippen molar-refractivity contribution in [2.45, 2.75) is 13.5 Å². The molecule has 1 aromatic carbocycles. The fourth-order valence-electron chi connectivity index (χ4n) is 2.36. The first kappa shape index (κ1) is 14.9. The van der Waals surface area contributed by atoms with Crippen molar-refractivity contribution in [3.8, 4) is 11.3 Å². The molecule has 0 fully saturated rings. The molecule has 2 aromatic heterocycles. The van der Waals surface area contributed by atoms with E-state index >= 15 is 0 Å². The highest BCUT2D eigenvalue weighted by molar-refractivity contribution is 5.95. The Labute approximate surface area is 135 Å². The molecular formula is C19H17N3O. The van der Waals surface area contributed by atoms with Crippen LogP contribution in [0.3, 0.4) is 0 Å². The van der Waals surface area contributed by atoms with Gasteiger partial charge in [-0.1, -0.05) is 18.2 Å². The molecule has 0 bridgehead atoms. The molecule has 114 valence electrons. The van der Waals surface area contributed by atoms with E-state index in [4.69, 9.17) is 0 Å². The van der Waals surface area contributed by atoms with Crippen LogP contribution in [0.5, 0.6) is 0 Å². The first-order valence-electron chi connectivity index (χ1n) is 7.43. The van der Waals surface area contributed by atoms with Crippen LogP contribution in [-0.4, -0.2) is 15.9 Å². The Kier molecular flexibility index (Phi) is 4.43. The standard InChI is InChI=1S/C19H17N3O/c1-14-5-2-3-7-17(14)19(23)22-12-15-8-10-21-18(11-15)16-6-4-9-20-13-16/h2-11,13H,12H2,1H3,(H,22,23). The van der Waals surface area contributed by atoms with E-state index in [1.54, 1.807) is 18.6 Å². The summed E-state index contributed by atoms with van der Waals surface area (Å²) in [5.41, 5.74) is 4.48. The maximum atomic E-state index is 12.3. The number of carbonyl (C=O) groups excluding carboxylic acids is 1. The second-order valence-corrected chi connectivity index (χ2v) is 5.29. The maximum Gasteiger partial charge on any atom is 0.251 e. The van der Waals surface area contributed by atoms with Gasteiger partial charge in [-0.3, -0.25) is 14.8 Å². The fourth-order valence-corrected chi connectivity index (χ4v) is 2.36. The van der Waals surface area contributed by atoms with Crippen molar-refractivity contribution in [3.63, 3.8) is 0 Å². The third kappa shape index (κ3) is 3.61. The molecule has 4 heteroatoms. The second kappa shape index (κ2) is 6.83. The lowest BCUT2D eigenvalue weighted by Gasteiger charge is -2.08. The van der Waals surface area contributed by atoms with Gasteiger partial charge in [0.2, 0.25) is 0 Å². The Bertz CT molecular complexity index is 816. The SMILES string of the molecule is Cc1ccccc1C(=O)NCc1ccnc(-c2cccnc2)c1. The number of pyridine rings is 2. The summed E-state index contributed by atoms with van der Waals surface area (Å²) < 4.78 is 0. The van der Waals surface area contributed by atoms with Crippen LogP contribution in [0.1, 0.15) is 21.5 Å². The average molecular weight is 303 g/mol. The van der Waals surface area contributed by atoms with E-state index in [1.807, 2.05) is 55.5 Å². The van der Waals surface area contributed by atoms with E-state index in [0.717, 1.165) is 22.4 Å². The summed E-state index contributed by atoms with van der Waals surface area (Å²) >= 11 is 0. The zero-order chi connectivity index (χ0) is 16.1. The molecule has 0 aliphatic rings. The number of hydrogen-bond acceptors (Lipinski definition) is 3. The molecule has 0 spiro atoms. The summed E-state index contributed by atoms with van der Waals surface area (Å²) in [6.07, 6.45) is 5.26. The zero-order valence-corrected chi connectivity index (χ0v) is 12.9. The highest BCUT2D eigenvalue weighted by Crippen LogP contribution is 2.16. The van der Waals surface area contributed by atoms with Gasteiger partial charge >= 0.3 is 0 Å². The fraction of sp³-hybridized carbons (Fsp3) is 0.105. The van der Waals surface area contributed by atoms with Crippen LogP contribution in [0.25, 0.3) is 11.3 Å². The summed E-state index contributed by atoms with van der Waals surface area (Å²) in [4.78, 5) is 20.7. The summed E-state index contributed by atoms with van der Waals surface area (Å²) in [7, 11) is 0. The van der Waals surface area contributed by atoms with E-state index in [0.29, 0.717) is 12.1 Å². The van der Waals surface area contributed by atoms with E-state index < -0.39 is 0 Å². The summed E-state index contributed by atoms with van der Waals surface area (Å²) in [5, 5.41) is 2.95. The number of amides is 1. The molecule has 1 N–H and O–H groups in total. The minimum atomic E-state index is -0.0668. The lowest BCUT2D eigenvalue weighted by molar-refractivity contribution is 0.0950. The molecule has 2 heterocycles. The van der Waals surface area contributed by atoms with Crippen LogP contribution < -0.4 is 5.32 Å². The van der Waals surface area contributed by atoms with Crippen LogP contribution in [0.15, 0.2) is 67.1 Å². The summed E-state index contributed by atoms with van der Waals surface area (Å²) in [6.45, 7) is 2.39. The number of carbonyl (C=O) groups is 1. The van der Waals surface area contributed by atoms with Gasteiger partial charge in [0, 0.05) is 36.3 Å². The Morgan fingerprint density at radius 3 is 2.74 bits per heavy atom. The Balaban J connectivity index is 1.72. The van der Waals surface area contributed by atoms with Crippen molar-refractivity contribution in [2.75, 3.05) is 0 Å². The maximum absolute atomic E-state index is 12.3. The van der Waals surface area contributed by atoms with Gasteiger partial charge in [-0.05, 0) is 48.4 Å². The van der Waals surface area contributed by atoms with Gasteiger partial charge in [-0.2, -0.15) is 0 Å². The Morgan fingerprint density at radius 1 is 1.09 bits per heavy atom. The first-order chi connectivity index (χ1) is 11.2. The molecule has 3 rings (SSSR count). The number of aromatic nitrogens is 2. The molecule has 0 unspecified atom stereocenters. The molecule has 0 aliphatic heterocycles. The third-order valence-electron chi connectivity index (χ3n) is 3.62. The van der Waals surface area contributed by atoms with E-state index in [2.05, 4.69) is 15.3 Å². The van der Waals surface area contributed by atoms with Gasteiger partial charge in [-0.25, -0.2) is 0 Å². The predicted octanol–water partition coefficient (Wildman–Crippen LogP) is 3.38. The molecule has 3 aromatic rings. The number of hydrogen-bond donors (Lipinski definition) is 1. The topological polar surface area (TPSA) is 54.9 Å². The normalized spacial score (nSPS) is 10.3. The molecule has 0 saturated carbocycles. The average Bonchev–Trinajstić information content (AvgIpc) is 2.61. The van der Waals surface area contributed by atoms with Crippen molar-refractivity contribution in [2.24, 2.45) is 0 Å². The minimum absolute atomic E-state index is 0.0668. The second-order valence-electron chi connectivity index (χ2n) is 5.29. The Morgan fingerprint density at radius 2 is 1.96 bits per heavy atom. The lowest BCUT2D eigenvalue weighted by atomic mass is 10.1. The molecular weight excluding hydrogens is 286 g/mol. The molecule has 0 saturated heterocycles. The van der Waals surface area contributed by atoms with Gasteiger partial charge in [-0.15, -0.1) is 0 Å². The van der Waals surface area contributed by atoms with Crippen LogP contribution in [-0.2, 0) is 6.54 Å². The van der Waals surface area contributed by atoms with E-state index in [-0.39, 0.29) is 5.91 Å². The number of nitrogens with zero attached hydrogens (tertiary/aromatic N) is 2. The van der Waals surface area contributed by atoms with Gasteiger partial charge in [0.05, 0.1) is 5.69 Å². The predicted molar refractivity (Wildman–Crippen MR) is 89.8 cm³/mol. The van der Waals surface area contributed by atoms with Crippen LogP contribution in [0.2, 0.25) is 0 Å². The largest absolute Gasteiger partial charge is 0.348 e. The van der Waals surface area contributed by atoms with Gasteiger partial charge in [0.1, 0.15) is 0 Å². The molecule has 1 amide bonds. The quantitative estimate of drug-likeness (QED) is 0.804. The summed E-state index contributed by atoms with van der Waals surface area (Å²) in [5.74, 6) is -0.0668. The molecule has 0 aliphatic carbocycles. The van der Waals surface area contributed by atoms with E-state index in [9.17, 15) is 4.79 Å². The molecule has 0 radical (unpaired) electrons. The number of benzene rings is 1. The van der Waals surface area contributed by atoms with Gasteiger partial charge in [0.25, 0.3) is 5.91 Å². The monoisotopic (exact) mass is 303 g/mol. The van der Waals surface area contributed by atoms with E-state index in [1.165, 1.54) is 0 Å². The van der Waals surface area contributed by atoms with Crippen molar-refractivity contribution in [1.29, 1.82) is 0 Å². The summed E-state index contributed by atoms with van der Waals surface area (Å²) in [6, 6.07) is 15.3. The van der Waals surface area contributed by atoms with Crippen molar-refractivity contribution >= 4 is 5.91 Å². The number of nitrogens with one attached hydrogen (secondary N) is 1. The first-order valence-corrected chi connectivity index (χ1v) is 7.43. The molecule has 0 atom stereocenters. The van der Waals surface area contributed by atoms with Crippen molar-refractivity contribution in [1.82, 2.24) is 15.3 Å². The lowest BCUT2D eigenvalue weighted by Crippen LogP contribution is -2.23. The number of aryl methyl sites for hydroxylation is 1. The van der Waals surface area contributed by atoms with Crippen LogP contribution in [0, 0.1) is 6.92 Å². The molecule has 23 heavy (non-hydrogen) atoms. The highest BCUT2D eigenvalue weighted by Gasteiger charge is 2.08.